The zero-order chi connectivity index (χ0) is 20.4. The van der Waals surface area contributed by atoms with Crippen LogP contribution in [0.15, 0.2) is 60.9 Å². The smallest absolute Gasteiger partial charge is 0.340 e. The van der Waals surface area contributed by atoms with Crippen molar-refractivity contribution in [1.29, 1.82) is 0 Å². The number of nitrogens with one attached hydrogen (secondary N) is 2. The van der Waals surface area contributed by atoms with Crippen LogP contribution in [0.3, 0.4) is 0 Å². The Labute approximate surface area is 159 Å². The first-order valence-corrected chi connectivity index (χ1v) is 9.84. The number of hydrogen-bond donors (Lipinski definition) is 2. The van der Waals surface area contributed by atoms with Crippen molar-refractivity contribution in [3.05, 3.63) is 66.5 Å². The molecule has 0 radical (unpaired) electrons. The topological polar surface area (TPSA) is 84.0 Å². The fourth-order valence-corrected chi connectivity index (χ4v) is 3.02. The Morgan fingerprint density at radius 1 is 0.929 bits per heavy atom. The Hall–Kier alpha value is -3.14. The highest BCUT2D eigenvalue weighted by molar-refractivity contribution is 7.92. The van der Waals surface area contributed by atoms with Crippen LogP contribution in [0.5, 0.6) is 0 Å². The molecule has 0 aliphatic rings. The average molecular weight is 408 g/mol. The summed E-state index contributed by atoms with van der Waals surface area (Å²) in [7, 11) is -3.42. The van der Waals surface area contributed by atoms with Crippen LogP contribution in [-0.4, -0.2) is 24.6 Å². The third-order valence-corrected chi connectivity index (χ3v) is 4.20. The summed E-state index contributed by atoms with van der Waals surface area (Å²) in [6.45, 7) is 0. The van der Waals surface area contributed by atoms with E-state index in [-0.39, 0.29) is 0 Å². The van der Waals surface area contributed by atoms with Crippen LogP contribution < -0.4 is 10.0 Å². The van der Waals surface area contributed by atoms with E-state index in [1.807, 2.05) is 0 Å². The summed E-state index contributed by atoms with van der Waals surface area (Å²) in [4.78, 5) is 8.08. The first kappa shape index (κ1) is 19.6. The molecule has 10 heteroatoms. The number of halogens is 3. The molecule has 0 bridgehead atoms. The Morgan fingerprint density at radius 3 is 2.36 bits per heavy atom. The predicted molar refractivity (Wildman–Crippen MR) is 101 cm³/mol. The number of nitrogens with zero attached hydrogens (tertiary/aromatic N) is 2. The van der Waals surface area contributed by atoms with Crippen molar-refractivity contribution in [2.24, 2.45) is 0 Å². The van der Waals surface area contributed by atoms with Gasteiger partial charge in [0.2, 0.25) is 10.0 Å². The fourth-order valence-electron chi connectivity index (χ4n) is 2.46. The van der Waals surface area contributed by atoms with E-state index < -0.39 is 21.8 Å². The SMILES string of the molecule is CS(=O)(=O)Nc1cccc(Nc2cc(-c3cccc(C(F)(F)F)c3)ncn2)c1. The van der Waals surface area contributed by atoms with Crippen molar-refractivity contribution in [3.63, 3.8) is 0 Å². The van der Waals surface area contributed by atoms with E-state index in [2.05, 4.69) is 20.0 Å². The first-order chi connectivity index (χ1) is 13.1. The molecule has 28 heavy (non-hydrogen) atoms. The van der Waals surface area contributed by atoms with Gasteiger partial charge in [-0.25, -0.2) is 18.4 Å². The molecular weight excluding hydrogens is 393 g/mol. The van der Waals surface area contributed by atoms with Crippen molar-refractivity contribution < 1.29 is 21.6 Å². The molecule has 0 fully saturated rings. The Bertz CT molecular complexity index is 1100. The van der Waals surface area contributed by atoms with Gasteiger partial charge in [0.15, 0.2) is 0 Å². The van der Waals surface area contributed by atoms with Gasteiger partial charge in [-0.05, 0) is 30.3 Å². The van der Waals surface area contributed by atoms with Gasteiger partial charge in [0.05, 0.1) is 23.2 Å². The van der Waals surface area contributed by atoms with E-state index in [1.165, 1.54) is 24.5 Å². The number of sulfonamides is 1. The zero-order valence-corrected chi connectivity index (χ0v) is 15.3. The van der Waals surface area contributed by atoms with Crippen LogP contribution in [0.4, 0.5) is 30.4 Å². The van der Waals surface area contributed by atoms with Gasteiger partial charge < -0.3 is 5.32 Å². The van der Waals surface area contributed by atoms with Gasteiger partial charge in [0.25, 0.3) is 0 Å². The van der Waals surface area contributed by atoms with Crippen LogP contribution in [0.2, 0.25) is 0 Å². The van der Waals surface area contributed by atoms with Crippen LogP contribution in [-0.2, 0) is 16.2 Å². The minimum atomic E-state index is -4.45. The number of rotatable bonds is 5. The molecule has 6 nitrogen and oxygen atoms in total. The molecule has 146 valence electrons. The minimum absolute atomic E-state index is 0.299. The highest BCUT2D eigenvalue weighted by Crippen LogP contribution is 2.32. The van der Waals surface area contributed by atoms with Crippen molar-refractivity contribution in [1.82, 2.24) is 9.97 Å². The molecule has 1 heterocycles. The molecule has 0 unspecified atom stereocenters. The van der Waals surface area contributed by atoms with Crippen LogP contribution >= 0.6 is 0 Å². The second-order valence-electron chi connectivity index (χ2n) is 5.95. The van der Waals surface area contributed by atoms with Crippen LogP contribution in [0.25, 0.3) is 11.3 Å². The molecular formula is C18H15F3N4O2S. The summed E-state index contributed by atoms with van der Waals surface area (Å²) in [6.07, 6.45) is -2.17. The largest absolute Gasteiger partial charge is 0.416 e. The molecule has 0 atom stereocenters. The summed E-state index contributed by atoms with van der Waals surface area (Å²) in [5.41, 5.74) is 0.751. The summed E-state index contributed by atoms with van der Waals surface area (Å²) in [6, 6.07) is 12.8. The van der Waals surface area contributed by atoms with E-state index in [4.69, 9.17) is 0 Å². The lowest BCUT2D eigenvalue weighted by atomic mass is 10.1. The highest BCUT2D eigenvalue weighted by Gasteiger charge is 2.30. The molecule has 0 saturated carbocycles. The summed E-state index contributed by atoms with van der Waals surface area (Å²) < 4.78 is 63.8. The number of anilines is 3. The quantitative estimate of drug-likeness (QED) is 0.658. The second kappa shape index (κ2) is 7.47. The lowest BCUT2D eigenvalue weighted by molar-refractivity contribution is -0.137. The van der Waals surface area contributed by atoms with Crippen molar-refractivity contribution in [2.45, 2.75) is 6.18 Å². The standard InChI is InChI=1S/C18H15F3N4O2S/c1-28(26,27)25-15-7-3-6-14(9-15)24-17-10-16(22-11-23-17)12-4-2-5-13(8-12)18(19,20)21/h2-11,25H,1H3,(H,22,23,24). The monoisotopic (exact) mass is 408 g/mol. The lowest BCUT2D eigenvalue weighted by Gasteiger charge is -2.11. The lowest BCUT2D eigenvalue weighted by Crippen LogP contribution is -2.09. The average Bonchev–Trinajstić information content (AvgIpc) is 2.60. The first-order valence-electron chi connectivity index (χ1n) is 7.95. The molecule has 0 spiro atoms. The molecule has 2 aromatic carbocycles. The van der Waals surface area contributed by atoms with Gasteiger partial charge in [-0.2, -0.15) is 13.2 Å². The van der Waals surface area contributed by atoms with Gasteiger partial charge in [-0.1, -0.05) is 18.2 Å². The van der Waals surface area contributed by atoms with Crippen molar-refractivity contribution in [3.8, 4) is 11.3 Å². The minimum Gasteiger partial charge on any atom is -0.340 e. The van der Waals surface area contributed by atoms with Gasteiger partial charge in [-0.15, -0.1) is 0 Å². The Balaban J connectivity index is 1.86. The molecule has 0 amide bonds. The van der Waals surface area contributed by atoms with Crippen LogP contribution in [0, 0.1) is 0 Å². The van der Waals surface area contributed by atoms with E-state index >= 15 is 0 Å². The predicted octanol–water partition coefficient (Wildman–Crippen LogP) is 4.28. The maximum Gasteiger partial charge on any atom is 0.416 e. The van der Waals surface area contributed by atoms with E-state index in [0.717, 1.165) is 18.4 Å². The molecule has 2 N–H and O–H groups in total. The normalized spacial score (nSPS) is 11.9. The molecule has 1 aromatic heterocycles. The van der Waals surface area contributed by atoms with E-state index in [9.17, 15) is 21.6 Å². The Kier molecular flexibility index (Phi) is 5.23. The summed E-state index contributed by atoms with van der Waals surface area (Å²) in [5.74, 6) is 0.346. The van der Waals surface area contributed by atoms with Crippen LogP contribution in [0.1, 0.15) is 5.56 Å². The third-order valence-electron chi connectivity index (χ3n) is 3.59. The number of benzene rings is 2. The Morgan fingerprint density at radius 2 is 1.64 bits per heavy atom. The highest BCUT2D eigenvalue weighted by atomic mass is 32.2. The zero-order valence-electron chi connectivity index (χ0n) is 14.5. The van der Waals surface area contributed by atoms with Gasteiger partial charge in [0.1, 0.15) is 12.1 Å². The summed E-state index contributed by atoms with van der Waals surface area (Å²) in [5, 5.41) is 2.98. The van der Waals surface area contributed by atoms with Crippen molar-refractivity contribution in [2.75, 3.05) is 16.3 Å². The number of alkyl halides is 3. The molecule has 3 aromatic rings. The number of aromatic nitrogens is 2. The van der Waals surface area contributed by atoms with Gasteiger partial charge in [-0.3, -0.25) is 4.72 Å². The fraction of sp³-hybridized carbons (Fsp3) is 0.111. The van der Waals surface area contributed by atoms with Gasteiger partial charge in [0, 0.05) is 17.3 Å². The van der Waals surface area contributed by atoms with Gasteiger partial charge >= 0.3 is 6.18 Å². The van der Waals surface area contributed by atoms with E-state index in [1.54, 1.807) is 24.3 Å². The number of hydrogen-bond acceptors (Lipinski definition) is 5. The molecule has 0 saturated heterocycles. The molecule has 3 rings (SSSR count). The maximum absolute atomic E-state index is 12.9. The van der Waals surface area contributed by atoms with E-state index in [0.29, 0.717) is 28.5 Å². The van der Waals surface area contributed by atoms with Crippen molar-refractivity contribution >= 4 is 27.2 Å². The molecule has 0 aliphatic heterocycles. The third kappa shape index (κ3) is 5.19. The second-order valence-corrected chi connectivity index (χ2v) is 7.70. The maximum atomic E-state index is 12.9. The summed E-state index contributed by atoms with van der Waals surface area (Å²) >= 11 is 0. The molecule has 0 aliphatic carbocycles.